The zero-order valence-corrected chi connectivity index (χ0v) is 11.2. The van der Waals surface area contributed by atoms with Crippen LogP contribution in [0.1, 0.15) is 32.2 Å². The molecule has 21 heavy (non-hydrogen) atoms. The van der Waals surface area contributed by atoms with Crippen LogP contribution >= 0.6 is 0 Å². The van der Waals surface area contributed by atoms with E-state index in [1.165, 1.54) is 12.1 Å². The molecule has 102 valence electrons. The Bertz CT molecular complexity index is 704. The van der Waals surface area contributed by atoms with Crippen molar-refractivity contribution >= 4 is 11.6 Å². The predicted octanol–water partition coefficient (Wildman–Crippen LogP) is 3.74. The van der Waals surface area contributed by atoms with Gasteiger partial charge in [0.2, 0.25) is 11.6 Å². The third-order valence-electron chi connectivity index (χ3n) is 3.13. The van der Waals surface area contributed by atoms with E-state index in [9.17, 15) is 9.59 Å². The fraction of sp³-hybridized carbons (Fsp3) is 0. The van der Waals surface area contributed by atoms with Gasteiger partial charge in [0.25, 0.3) is 0 Å². The van der Waals surface area contributed by atoms with Gasteiger partial charge in [0, 0.05) is 11.1 Å². The number of benzene rings is 2. The monoisotopic (exact) mass is 276 g/mol. The molecule has 0 unspecified atom stereocenters. The predicted molar refractivity (Wildman–Crippen MR) is 78.5 cm³/mol. The summed E-state index contributed by atoms with van der Waals surface area (Å²) in [6.07, 6.45) is 0. The molecule has 3 nitrogen and oxygen atoms in total. The number of furan rings is 1. The second kappa shape index (κ2) is 5.59. The molecule has 0 amide bonds. The van der Waals surface area contributed by atoms with E-state index >= 15 is 0 Å². The minimum atomic E-state index is -0.234. The Hall–Kier alpha value is -2.94. The van der Waals surface area contributed by atoms with Gasteiger partial charge in [-0.1, -0.05) is 60.7 Å². The Morgan fingerprint density at radius 3 is 1.33 bits per heavy atom. The fourth-order valence-corrected chi connectivity index (χ4v) is 2.05. The molecule has 0 N–H and O–H groups in total. The molecule has 0 spiro atoms. The van der Waals surface area contributed by atoms with E-state index in [2.05, 4.69) is 0 Å². The van der Waals surface area contributed by atoms with E-state index < -0.39 is 0 Å². The van der Waals surface area contributed by atoms with Gasteiger partial charge in [-0.3, -0.25) is 9.59 Å². The van der Waals surface area contributed by atoms with Crippen LogP contribution in [-0.2, 0) is 0 Å². The summed E-state index contributed by atoms with van der Waals surface area (Å²) in [7, 11) is 0. The van der Waals surface area contributed by atoms with Crippen LogP contribution in [0.4, 0.5) is 0 Å². The SMILES string of the molecule is O=C(c1ccccc1)c1ccc(C(=O)c2ccccc2)o1. The summed E-state index contributed by atoms with van der Waals surface area (Å²) in [5.41, 5.74) is 1.07. The van der Waals surface area contributed by atoms with Crippen LogP contribution in [0.25, 0.3) is 0 Å². The van der Waals surface area contributed by atoms with E-state index in [1.807, 2.05) is 12.1 Å². The molecule has 0 radical (unpaired) electrons. The molecule has 0 fully saturated rings. The van der Waals surface area contributed by atoms with E-state index in [4.69, 9.17) is 4.42 Å². The summed E-state index contributed by atoms with van der Waals surface area (Å²) >= 11 is 0. The molecular weight excluding hydrogens is 264 g/mol. The Balaban J connectivity index is 1.87. The summed E-state index contributed by atoms with van der Waals surface area (Å²) in [5, 5.41) is 0. The van der Waals surface area contributed by atoms with Crippen molar-refractivity contribution in [3.63, 3.8) is 0 Å². The van der Waals surface area contributed by atoms with Gasteiger partial charge < -0.3 is 4.42 Å². The molecule has 3 rings (SSSR count). The lowest BCUT2D eigenvalue weighted by molar-refractivity contribution is 0.0986. The lowest BCUT2D eigenvalue weighted by Crippen LogP contribution is -2.01. The number of hydrogen-bond acceptors (Lipinski definition) is 3. The lowest BCUT2D eigenvalue weighted by atomic mass is 10.1. The standard InChI is InChI=1S/C18H12O3/c19-17(13-7-3-1-4-8-13)15-11-12-16(21-15)18(20)14-9-5-2-6-10-14/h1-12H. The number of carbonyl (C=O) groups is 2. The van der Waals surface area contributed by atoms with Gasteiger partial charge >= 0.3 is 0 Å². The van der Waals surface area contributed by atoms with Gasteiger partial charge in [0.05, 0.1) is 0 Å². The largest absolute Gasteiger partial charge is 0.449 e. The highest BCUT2D eigenvalue weighted by Crippen LogP contribution is 2.16. The number of hydrogen-bond donors (Lipinski definition) is 0. The van der Waals surface area contributed by atoms with Crippen LogP contribution in [0.15, 0.2) is 77.2 Å². The number of rotatable bonds is 4. The van der Waals surface area contributed by atoms with E-state index in [0.29, 0.717) is 11.1 Å². The first-order chi connectivity index (χ1) is 10.3. The second-order valence-corrected chi connectivity index (χ2v) is 4.55. The molecule has 1 aromatic heterocycles. The van der Waals surface area contributed by atoms with Gasteiger partial charge in [0.15, 0.2) is 11.5 Å². The molecule has 3 aromatic rings. The van der Waals surface area contributed by atoms with Crippen LogP contribution in [0.3, 0.4) is 0 Å². The van der Waals surface area contributed by atoms with Crippen LogP contribution in [-0.4, -0.2) is 11.6 Å². The van der Waals surface area contributed by atoms with Crippen LogP contribution in [0.2, 0.25) is 0 Å². The Labute approximate surface area is 121 Å². The molecule has 1 heterocycles. The molecule has 0 aliphatic rings. The Morgan fingerprint density at radius 2 is 0.952 bits per heavy atom. The van der Waals surface area contributed by atoms with Gasteiger partial charge in [0.1, 0.15) is 0 Å². The van der Waals surface area contributed by atoms with Gasteiger partial charge in [-0.25, -0.2) is 0 Å². The second-order valence-electron chi connectivity index (χ2n) is 4.55. The summed E-state index contributed by atoms with van der Waals surface area (Å²) in [5.74, 6) is -0.133. The minimum absolute atomic E-state index is 0.167. The molecular formula is C18H12O3. The van der Waals surface area contributed by atoms with Crippen molar-refractivity contribution in [2.75, 3.05) is 0 Å². The quantitative estimate of drug-likeness (QED) is 0.682. The molecule has 2 aromatic carbocycles. The van der Waals surface area contributed by atoms with Crippen molar-refractivity contribution in [1.82, 2.24) is 0 Å². The first-order valence-corrected chi connectivity index (χ1v) is 6.55. The van der Waals surface area contributed by atoms with Crippen molar-refractivity contribution in [3.05, 3.63) is 95.4 Å². The zero-order chi connectivity index (χ0) is 14.7. The first-order valence-electron chi connectivity index (χ1n) is 6.55. The maximum absolute atomic E-state index is 12.2. The number of carbonyl (C=O) groups excluding carboxylic acids is 2. The lowest BCUT2D eigenvalue weighted by Gasteiger charge is -1.98. The molecule has 0 saturated carbocycles. The van der Waals surface area contributed by atoms with Crippen LogP contribution < -0.4 is 0 Å². The van der Waals surface area contributed by atoms with Gasteiger partial charge in [-0.05, 0) is 12.1 Å². The maximum Gasteiger partial charge on any atom is 0.228 e. The van der Waals surface area contributed by atoms with Crippen LogP contribution in [0, 0.1) is 0 Å². The summed E-state index contributed by atoms with van der Waals surface area (Å²) in [6, 6.07) is 20.7. The maximum atomic E-state index is 12.2. The highest BCUT2D eigenvalue weighted by molar-refractivity contribution is 6.10. The molecule has 0 saturated heterocycles. The fourth-order valence-electron chi connectivity index (χ4n) is 2.05. The van der Waals surface area contributed by atoms with Crippen LogP contribution in [0.5, 0.6) is 0 Å². The molecule has 0 aliphatic carbocycles. The molecule has 3 heteroatoms. The highest BCUT2D eigenvalue weighted by Gasteiger charge is 2.17. The average molecular weight is 276 g/mol. The van der Waals surface area contributed by atoms with Crippen molar-refractivity contribution in [2.24, 2.45) is 0 Å². The first kappa shape index (κ1) is 13.1. The van der Waals surface area contributed by atoms with Gasteiger partial charge in [-0.2, -0.15) is 0 Å². The summed E-state index contributed by atoms with van der Waals surface area (Å²) in [4.78, 5) is 24.4. The van der Waals surface area contributed by atoms with E-state index in [0.717, 1.165) is 0 Å². The van der Waals surface area contributed by atoms with E-state index in [-0.39, 0.29) is 23.1 Å². The number of ketones is 2. The van der Waals surface area contributed by atoms with Crippen molar-refractivity contribution in [3.8, 4) is 0 Å². The summed E-state index contributed by atoms with van der Waals surface area (Å²) < 4.78 is 5.42. The third-order valence-corrected chi connectivity index (χ3v) is 3.13. The summed E-state index contributed by atoms with van der Waals surface area (Å²) in [6.45, 7) is 0. The molecule has 0 aliphatic heterocycles. The Morgan fingerprint density at radius 1 is 0.571 bits per heavy atom. The van der Waals surface area contributed by atoms with Crippen molar-refractivity contribution in [1.29, 1.82) is 0 Å². The minimum Gasteiger partial charge on any atom is -0.449 e. The molecule has 0 atom stereocenters. The molecule has 0 bridgehead atoms. The smallest absolute Gasteiger partial charge is 0.228 e. The van der Waals surface area contributed by atoms with E-state index in [1.54, 1.807) is 48.5 Å². The normalized spacial score (nSPS) is 10.3. The average Bonchev–Trinajstić information content (AvgIpc) is 3.05. The van der Waals surface area contributed by atoms with Crippen molar-refractivity contribution in [2.45, 2.75) is 0 Å². The van der Waals surface area contributed by atoms with Gasteiger partial charge in [-0.15, -0.1) is 0 Å². The topological polar surface area (TPSA) is 47.3 Å². The highest BCUT2D eigenvalue weighted by atomic mass is 16.4. The van der Waals surface area contributed by atoms with Crippen molar-refractivity contribution < 1.29 is 14.0 Å². The third kappa shape index (κ3) is 2.67. The Kier molecular flexibility index (Phi) is 3.48. The zero-order valence-electron chi connectivity index (χ0n) is 11.2.